The van der Waals surface area contributed by atoms with Crippen LogP contribution in [0.3, 0.4) is 0 Å². The van der Waals surface area contributed by atoms with Gasteiger partial charge in [0.2, 0.25) is 5.52 Å². The number of hydrogen-bond acceptors (Lipinski definition) is 2. The Balaban J connectivity index is 3.56. The predicted molar refractivity (Wildman–Crippen MR) is 29.8 cm³/mol. The average molecular weight is 118 g/mol. The van der Waals surface area contributed by atoms with Crippen LogP contribution >= 0.6 is 7.92 Å². The van der Waals surface area contributed by atoms with Gasteiger partial charge in [0.25, 0.3) is 0 Å². The number of hydrogen-bond donors (Lipinski definition) is 0. The fraction of sp³-hybridized carbons (Fsp3) is 0.500. The van der Waals surface area contributed by atoms with Crippen molar-refractivity contribution in [2.75, 3.05) is 13.3 Å². The van der Waals surface area contributed by atoms with Crippen molar-refractivity contribution in [1.29, 1.82) is 0 Å². The monoisotopic (exact) mass is 118 g/mol. The maximum absolute atomic E-state index is 10.2. The van der Waals surface area contributed by atoms with E-state index in [-0.39, 0.29) is 5.52 Å². The van der Waals surface area contributed by atoms with E-state index in [2.05, 4.69) is 0 Å². The van der Waals surface area contributed by atoms with Crippen molar-refractivity contribution in [3.63, 3.8) is 0 Å². The van der Waals surface area contributed by atoms with E-state index in [4.69, 9.17) is 0 Å². The van der Waals surface area contributed by atoms with Gasteiger partial charge in [-0.25, -0.2) is 0 Å². The highest BCUT2D eigenvalue weighted by Crippen LogP contribution is 2.23. The Bertz CT molecular complexity index is 87.7. The highest BCUT2D eigenvalue weighted by Gasteiger charge is 2.01. The van der Waals surface area contributed by atoms with Crippen molar-refractivity contribution >= 4 is 19.7 Å². The van der Waals surface area contributed by atoms with Crippen LogP contribution in [0.5, 0.6) is 0 Å². The molecule has 0 amide bonds. The average Bonchev–Trinajstić information content (AvgIpc) is 1.65. The normalized spacial score (nSPS) is 9.00. The highest BCUT2D eigenvalue weighted by molar-refractivity contribution is 7.75. The van der Waals surface area contributed by atoms with Gasteiger partial charge in [0.15, 0.2) is 6.29 Å². The van der Waals surface area contributed by atoms with E-state index in [1.165, 1.54) is 0 Å². The summed E-state index contributed by atoms with van der Waals surface area (Å²) in [6.45, 7) is 3.51. The maximum Gasteiger partial charge on any atom is 0.215 e. The summed E-state index contributed by atoms with van der Waals surface area (Å²) in [7, 11) is -0.669. The third-order valence-electron chi connectivity index (χ3n) is 0.542. The molecule has 0 saturated heterocycles. The lowest BCUT2D eigenvalue weighted by Crippen LogP contribution is -1.92. The number of aldehydes is 1. The van der Waals surface area contributed by atoms with Crippen LogP contribution < -0.4 is 0 Å². The first-order valence-electron chi connectivity index (χ1n) is 1.85. The lowest BCUT2D eigenvalue weighted by Gasteiger charge is -1.90. The van der Waals surface area contributed by atoms with Crippen molar-refractivity contribution in [2.45, 2.75) is 0 Å². The van der Waals surface area contributed by atoms with Crippen LogP contribution in [0, 0.1) is 0 Å². The Labute approximate surface area is 43.7 Å². The van der Waals surface area contributed by atoms with Gasteiger partial charge < -0.3 is 0 Å². The molecule has 0 aliphatic carbocycles. The molecule has 0 aromatic heterocycles. The van der Waals surface area contributed by atoms with Crippen molar-refractivity contribution in [1.82, 2.24) is 0 Å². The van der Waals surface area contributed by atoms with Gasteiger partial charge in [0, 0.05) is 0 Å². The minimum Gasteiger partial charge on any atom is -0.294 e. The fourth-order valence-corrected chi connectivity index (χ4v) is 0.316. The quantitative estimate of drug-likeness (QED) is 0.300. The van der Waals surface area contributed by atoms with Crippen LogP contribution in [0.4, 0.5) is 0 Å². The topological polar surface area (TPSA) is 34.1 Å². The Hall–Kier alpha value is -0.230. The predicted octanol–water partition coefficient (Wildman–Crippen LogP) is 0.453. The van der Waals surface area contributed by atoms with E-state index in [0.29, 0.717) is 6.29 Å². The first-order chi connectivity index (χ1) is 3.18. The van der Waals surface area contributed by atoms with Crippen LogP contribution in [-0.2, 0) is 9.59 Å². The Morgan fingerprint density at radius 2 is 2.00 bits per heavy atom. The number of carbonyl (C=O) groups excluding carboxylic acids is 2. The van der Waals surface area contributed by atoms with Crippen LogP contribution in [-0.4, -0.2) is 25.1 Å². The van der Waals surface area contributed by atoms with E-state index in [9.17, 15) is 9.59 Å². The van der Waals surface area contributed by atoms with Gasteiger partial charge in [0.1, 0.15) is 0 Å². The van der Waals surface area contributed by atoms with E-state index in [1.807, 2.05) is 0 Å². The van der Waals surface area contributed by atoms with E-state index < -0.39 is 7.92 Å². The second-order valence-corrected chi connectivity index (χ2v) is 3.58. The first kappa shape index (κ1) is 6.77. The minimum atomic E-state index is -0.669. The SMILES string of the molecule is CP(C)C(=O)C=O. The van der Waals surface area contributed by atoms with E-state index >= 15 is 0 Å². The number of carbonyl (C=O) groups is 2. The molecule has 0 heterocycles. The van der Waals surface area contributed by atoms with E-state index in [1.54, 1.807) is 13.3 Å². The zero-order valence-electron chi connectivity index (χ0n) is 4.34. The summed E-state index contributed by atoms with van der Waals surface area (Å²) in [5, 5.41) is 0. The van der Waals surface area contributed by atoms with Gasteiger partial charge in [0.05, 0.1) is 0 Å². The van der Waals surface area contributed by atoms with Crippen LogP contribution in [0.15, 0.2) is 0 Å². The zero-order valence-corrected chi connectivity index (χ0v) is 5.24. The molecule has 0 radical (unpaired) electrons. The second kappa shape index (κ2) is 2.86. The van der Waals surface area contributed by atoms with Crippen molar-refractivity contribution < 1.29 is 9.59 Å². The van der Waals surface area contributed by atoms with Gasteiger partial charge in [-0.05, 0) is 21.3 Å². The molecule has 2 nitrogen and oxygen atoms in total. The molecule has 0 aliphatic heterocycles. The summed E-state index contributed by atoms with van der Waals surface area (Å²) in [6.07, 6.45) is 0.381. The van der Waals surface area contributed by atoms with Gasteiger partial charge in [-0.1, -0.05) is 0 Å². The summed E-state index contributed by atoms with van der Waals surface area (Å²) in [5.74, 6) is 0. The molecule has 0 aliphatic rings. The van der Waals surface area contributed by atoms with Crippen LogP contribution in [0.2, 0.25) is 0 Å². The lowest BCUT2D eigenvalue weighted by molar-refractivity contribution is -0.124. The fourth-order valence-electron chi connectivity index (χ4n) is 0.105. The Morgan fingerprint density at radius 1 is 1.57 bits per heavy atom. The summed E-state index contributed by atoms with van der Waals surface area (Å²) >= 11 is 0. The first-order valence-corrected chi connectivity index (χ1v) is 4.08. The van der Waals surface area contributed by atoms with Gasteiger partial charge in [-0.3, -0.25) is 9.59 Å². The summed E-state index contributed by atoms with van der Waals surface area (Å²) in [4.78, 5) is 19.8. The molecule has 0 N–H and O–H groups in total. The molecule has 0 bridgehead atoms. The molecule has 0 saturated carbocycles. The Morgan fingerprint density at radius 3 is 2.00 bits per heavy atom. The standard InChI is InChI=1S/C4H7O2P/c1-7(2)4(6)3-5/h3H,1-2H3. The lowest BCUT2D eigenvalue weighted by atomic mass is 10.9. The molecule has 3 heteroatoms. The van der Waals surface area contributed by atoms with Gasteiger partial charge in [-0.2, -0.15) is 0 Å². The van der Waals surface area contributed by atoms with Crippen molar-refractivity contribution in [3.05, 3.63) is 0 Å². The third kappa shape index (κ3) is 2.46. The summed E-state index contributed by atoms with van der Waals surface area (Å²) in [5.41, 5.74) is -0.269. The highest BCUT2D eigenvalue weighted by atomic mass is 31.1. The van der Waals surface area contributed by atoms with Crippen LogP contribution in [0.25, 0.3) is 0 Å². The summed E-state index contributed by atoms with van der Waals surface area (Å²) in [6, 6.07) is 0. The molecule has 0 aromatic rings. The third-order valence-corrected chi connectivity index (χ3v) is 1.53. The molecule has 40 valence electrons. The van der Waals surface area contributed by atoms with Gasteiger partial charge >= 0.3 is 0 Å². The van der Waals surface area contributed by atoms with E-state index in [0.717, 1.165) is 0 Å². The zero-order chi connectivity index (χ0) is 5.86. The van der Waals surface area contributed by atoms with Crippen molar-refractivity contribution in [3.8, 4) is 0 Å². The molecule has 0 rings (SSSR count). The van der Waals surface area contributed by atoms with Crippen molar-refractivity contribution in [2.24, 2.45) is 0 Å². The smallest absolute Gasteiger partial charge is 0.215 e. The van der Waals surface area contributed by atoms with Crippen LogP contribution in [0.1, 0.15) is 0 Å². The molecular formula is C4H7O2P. The molecular weight excluding hydrogens is 111 g/mol. The largest absolute Gasteiger partial charge is 0.294 e. The summed E-state index contributed by atoms with van der Waals surface area (Å²) < 4.78 is 0. The second-order valence-electron chi connectivity index (χ2n) is 1.35. The molecule has 0 atom stereocenters. The van der Waals surface area contributed by atoms with Gasteiger partial charge in [-0.15, -0.1) is 0 Å². The number of rotatable bonds is 2. The maximum atomic E-state index is 10.2. The minimum absolute atomic E-state index is 0.269. The molecule has 0 unspecified atom stereocenters. The molecule has 7 heavy (non-hydrogen) atoms. The molecule has 0 aromatic carbocycles. The molecule has 0 spiro atoms. The Kier molecular flexibility index (Phi) is 2.77. The molecule has 0 fully saturated rings.